The lowest BCUT2D eigenvalue weighted by molar-refractivity contribution is -0.124. The van der Waals surface area contributed by atoms with E-state index in [4.69, 9.17) is 4.74 Å². The summed E-state index contributed by atoms with van der Waals surface area (Å²) in [6.07, 6.45) is 9.52. The standard InChI is InChI=1S/C15H22N2O2/c1-2-12-5-3-4-6-14(12)19-11-15(18)17-13-7-9-16-10-8-13/h7-10,12,14H,2-6,11H2,1H3,(H,16,17,18). The van der Waals surface area contributed by atoms with E-state index in [9.17, 15) is 4.79 Å². The van der Waals surface area contributed by atoms with E-state index in [-0.39, 0.29) is 18.6 Å². The maximum absolute atomic E-state index is 11.8. The van der Waals surface area contributed by atoms with Gasteiger partial charge in [-0.3, -0.25) is 9.78 Å². The van der Waals surface area contributed by atoms with Gasteiger partial charge in [0.1, 0.15) is 6.61 Å². The summed E-state index contributed by atoms with van der Waals surface area (Å²) in [6, 6.07) is 3.54. The molecule has 0 aromatic carbocycles. The van der Waals surface area contributed by atoms with Crippen molar-refractivity contribution in [3.05, 3.63) is 24.5 Å². The Morgan fingerprint density at radius 1 is 1.37 bits per heavy atom. The third kappa shape index (κ3) is 4.31. The first-order valence-electron chi connectivity index (χ1n) is 7.11. The Labute approximate surface area is 114 Å². The number of rotatable bonds is 5. The zero-order valence-corrected chi connectivity index (χ0v) is 11.5. The van der Waals surface area contributed by atoms with Crippen LogP contribution in [0.3, 0.4) is 0 Å². The number of carbonyl (C=O) groups is 1. The lowest BCUT2D eigenvalue weighted by atomic mass is 9.85. The normalized spacial score (nSPS) is 23.0. The number of anilines is 1. The lowest BCUT2D eigenvalue weighted by Gasteiger charge is -2.30. The van der Waals surface area contributed by atoms with Crippen LogP contribution in [-0.4, -0.2) is 23.6 Å². The monoisotopic (exact) mass is 262 g/mol. The van der Waals surface area contributed by atoms with Gasteiger partial charge in [0.15, 0.2) is 0 Å². The summed E-state index contributed by atoms with van der Waals surface area (Å²) in [5, 5.41) is 2.81. The van der Waals surface area contributed by atoms with Crippen LogP contribution in [0, 0.1) is 5.92 Å². The number of ether oxygens (including phenoxy) is 1. The maximum Gasteiger partial charge on any atom is 0.250 e. The lowest BCUT2D eigenvalue weighted by Crippen LogP contribution is -2.31. The van der Waals surface area contributed by atoms with Crippen LogP contribution in [0.25, 0.3) is 0 Å². The minimum atomic E-state index is -0.0911. The first-order valence-corrected chi connectivity index (χ1v) is 7.11. The minimum absolute atomic E-state index is 0.0911. The van der Waals surface area contributed by atoms with Crippen molar-refractivity contribution in [2.24, 2.45) is 5.92 Å². The van der Waals surface area contributed by atoms with Gasteiger partial charge in [0.2, 0.25) is 5.91 Å². The highest BCUT2D eigenvalue weighted by Crippen LogP contribution is 2.28. The second-order valence-corrected chi connectivity index (χ2v) is 5.09. The molecule has 2 unspecified atom stereocenters. The van der Waals surface area contributed by atoms with Gasteiger partial charge < -0.3 is 10.1 Å². The zero-order valence-electron chi connectivity index (χ0n) is 11.5. The maximum atomic E-state index is 11.8. The molecule has 1 amide bonds. The molecule has 1 aromatic heterocycles. The molecule has 0 radical (unpaired) electrons. The minimum Gasteiger partial charge on any atom is -0.368 e. The third-order valence-electron chi connectivity index (χ3n) is 3.76. The topological polar surface area (TPSA) is 51.2 Å². The highest BCUT2D eigenvalue weighted by molar-refractivity contribution is 5.91. The van der Waals surface area contributed by atoms with Gasteiger partial charge in [-0.05, 0) is 30.9 Å². The smallest absolute Gasteiger partial charge is 0.250 e. The molecule has 0 bridgehead atoms. The van der Waals surface area contributed by atoms with Crippen molar-refractivity contribution in [1.82, 2.24) is 4.98 Å². The van der Waals surface area contributed by atoms with E-state index in [1.54, 1.807) is 24.5 Å². The van der Waals surface area contributed by atoms with E-state index >= 15 is 0 Å². The average Bonchev–Trinajstić information content (AvgIpc) is 2.46. The van der Waals surface area contributed by atoms with Gasteiger partial charge >= 0.3 is 0 Å². The highest BCUT2D eigenvalue weighted by Gasteiger charge is 2.24. The summed E-state index contributed by atoms with van der Waals surface area (Å²) in [5.74, 6) is 0.522. The van der Waals surface area contributed by atoms with Crippen molar-refractivity contribution in [1.29, 1.82) is 0 Å². The van der Waals surface area contributed by atoms with E-state index in [0.29, 0.717) is 5.92 Å². The first kappa shape index (κ1) is 14.0. The van der Waals surface area contributed by atoms with Gasteiger partial charge in [-0.15, -0.1) is 0 Å². The molecule has 1 heterocycles. The number of pyridine rings is 1. The van der Waals surface area contributed by atoms with Gasteiger partial charge in [0, 0.05) is 18.1 Å². The molecule has 0 spiro atoms. The van der Waals surface area contributed by atoms with E-state index in [1.807, 2.05) is 0 Å². The molecule has 0 aliphatic heterocycles. The third-order valence-corrected chi connectivity index (χ3v) is 3.76. The fraction of sp³-hybridized carbons (Fsp3) is 0.600. The van der Waals surface area contributed by atoms with Crippen LogP contribution in [0.5, 0.6) is 0 Å². The summed E-state index contributed by atoms with van der Waals surface area (Å²) >= 11 is 0. The molecular formula is C15H22N2O2. The number of carbonyl (C=O) groups excluding carboxylic acids is 1. The Morgan fingerprint density at radius 2 is 2.11 bits per heavy atom. The van der Waals surface area contributed by atoms with Crippen molar-refractivity contribution >= 4 is 11.6 Å². The Morgan fingerprint density at radius 3 is 2.84 bits per heavy atom. The Kier molecular flexibility index (Phi) is 5.33. The van der Waals surface area contributed by atoms with Crippen LogP contribution in [0.15, 0.2) is 24.5 Å². The van der Waals surface area contributed by atoms with E-state index in [2.05, 4.69) is 17.2 Å². The number of aromatic nitrogens is 1. The second-order valence-electron chi connectivity index (χ2n) is 5.09. The molecule has 104 valence electrons. The highest BCUT2D eigenvalue weighted by atomic mass is 16.5. The van der Waals surface area contributed by atoms with Gasteiger partial charge in [-0.2, -0.15) is 0 Å². The number of hydrogen-bond donors (Lipinski definition) is 1. The fourth-order valence-electron chi connectivity index (χ4n) is 2.68. The SMILES string of the molecule is CCC1CCCCC1OCC(=O)Nc1ccncc1. The van der Waals surface area contributed by atoms with Crippen molar-refractivity contribution in [3.8, 4) is 0 Å². The van der Waals surface area contributed by atoms with Crippen molar-refractivity contribution in [3.63, 3.8) is 0 Å². The molecule has 1 fully saturated rings. The van der Waals surface area contributed by atoms with Crippen LogP contribution < -0.4 is 5.32 Å². The summed E-state index contributed by atoms with van der Waals surface area (Å²) in [4.78, 5) is 15.7. The molecule has 1 saturated carbocycles. The zero-order chi connectivity index (χ0) is 13.5. The largest absolute Gasteiger partial charge is 0.368 e. The van der Waals surface area contributed by atoms with Crippen molar-refractivity contribution in [2.75, 3.05) is 11.9 Å². The van der Waals surface area contributed by atoms with Crippen molar-refractivity contribution < 1.29 is 9.53 Å². The molecule has 2 rings (SSSR count). The molecule has 1 aromatic rings. The number of nitrogens with one attached hydrogen (secondary N) is 1. The van der Waals surface area contributed by atoms with Gasteiger partial charge in [-0.1, -0.05) is 26.2 Å². The fourth-order valence-corrected chi connectivity index (χ4v) is 2.68. The molecular weight excluding hydrogens is 240 g/mol. The predicted molar refractivity (Wildman–Crippen MR) is 74.9 cm³/mol. The molecule has 4 nitrogen and oxygen atoms in total. The second kappa shape index (κ2) is 7.24. The van der Waals surface area contributed by atoms with E-state index in [1.165, 1.54) is 19.3 Å². The summed E-state index contributed by atoms with van der Waals surface area (Å²) in [6.45, 7) is 2.34. The average molecular weight is 262 g/mol. The molecule has 19 heavy (non-hydrogen) atoms. The summed E-state index contributed by atoms with van der Waals surface area (Å²) in [7, 11) is 0. The van der Waals surface area contributed by atoms with Gasteiger partial charge in [-0.25, -0.2) is 0 Å². The molecule has 1 N–H and O–H groups in total. The summed E-state index contributed by atoms with van der Waals surface area (Å²) < 4.78 is 5.79. The van der Waals surface area contributed by atoms with Crippen molar-refractivity contribution in [2.45, 2.75) is 45.1 Å². The van der Waals surface area contributed by atoms with E-state index < -0.39 is 0 Å². The van der Waals surface area contributed by atoms with Gasteiger partial charge in [0.05, 0.1) is 6.10 Å². The molecule has 4 heteroatoms. The quantitative estimate of drug-likeness (QED) is 0.887. The number of nitrogens with zero attached hydrogens (tertiary/aromatic N) is 1. The van der Waals surface area contributed by atoms with Crippen LogP contribution >= 0.6 is 0 Å². The van der Waals surface area contributed by atoms with E-state index in [0.717, 1.165) is 18.5 Å². The number of hydrogen-bond acceptors (Lipinski definition) is 3. The first-order chi connectivity index (χ1) is 9.29. The van der Waals surface area contributed by atoms with Crippen LogP contribution in [0.2, 0.25) is 0 Å². The molecule has 1 aliphatic carbocycles. The summed E-state index contributed by atoms with van der Waals surface area (Å²) in [5.41, 5.74) is 0.763. The molecule has 0 saturated heterocycles. The Bertz CT molecular complexity index is 394. The predicted octanol–water partition coefficient (Wildman–Crippen LogP) is 3.01. The number of amides is 1. The Hall–Kier alpha value is -1.42. The van der Waals surface area contributed by atoms with Crippen LogP contribution in [-0.2, 0) is 9.53 Å². The van der Waals surface area contributed by atoms with Crippen LogP contribution in [0.4, 0.5) is 5.69 Å². The van der Waals surface area contributed by atoms with Crippen LogP contribution in [0.1, 0.15) is 39.0 Å². The Balaban J connectivity index is 1.76. The molecule has 1 aliphatic rings. The van der Waals surface area contributed by atoms with Gasteiger partial charge in [0.25, 0.3) is 0 Å². The molecule has 2 atom stereocenters.